The summed E-state index contributed by atoms with van der Waals surface area (Å²) in [4.78, 5) is 25.7. The predicted octanol–water partition coefficient (Wildman–Crippen LogP) is 2.32. The van der Waals surface area contributed by atoms with Crippen molar-refractivity contribution in [3.05, 3.63) is 35.7 Å². The molecule has 6 nitrogen and oxygen atoms in total. The summed E-state index contributed by atoms with van der Waals surface area (Å²) in [5, 5.41) is 11.3. The van der Waals surface area contributed by atoms with Crippen LogP contribution in [0.2, 0.25) is 0 Å². The smallest absolute Gasteiger partial charge is 0.407 e. The highest BCUT2D eigenvalue weighted by molar-refractivity contribution is 5.85. The Kier molecular flexibility index (Phi) is 5.25. The van der Waals surface area contributed by atoms with E-state index in [0.717, 1.165) is 5.56 Å². The number of carbonyl (C=O) groups is 2. The quantitative estimate of drug-likeness (QED) is 0.882. The maximum atomic E-state index is 11.3. The van der Waals surface area contributed by atoms with Crippen LogP contribution in [0.15, 0.2) is 24.4 Å². The lowest BCUT2D eigenvalue weighted by Gasteiger charge is -2.19. The molecule has 0 bridgehead atoms. The van der Waals surface area contributed by atoms with Gasteiger partial charge in [-0.1, -0.05) is 18.2 Å². The van der Waals surface area contributed by atoms with Crippen LogP contribution in [0.4, 0.5) is 4.79 Å². The Balaban J connectivity index is 2.42. The van der Waals surface area contributed by atoms with E-state index in [-0.39, 0.29) is 5.69 Å². The zero-order valence-electron chi connectivity index (χ0n) is 11.7. The minimum absolute atomic E-state index is 0.00553. The van der Waals surface area contributed by atoms with E-state index in [1.54, 1.807) is 39.0 Å². The van der Waals surface area contributed by atoms with Crippen molar-refractivity contribution < 1.29 is 19.4 Å². The summed E-state index contributed by atoms with van der Waals surface area (Å²) < 4.78 is 5.07. The summed E-state index contributed by atoms with van der Waals surface area (Å²) >= 11 is 0. The Bertz CT molecular complexity index is 501. The number of hydrogen-bond donors (Lipinski definition) is 2. The number of carbonyl (C=O) groups excluding carboxylic acids is 1. The molecule has 0 aliphatic rings. The first kappa shape index (κ1) is 15.7. The molecule has 1 aromatic rings. The summed E-state index contributed by atoms with van der Waals surface area (Å²) in [5.41, 5.74) is 0.222. The molecule has 0 aliphatic carbocycles. The summed E-state index contributed by atoms with van der Waals surface area (Å²) in [6, 6.07) is 3.06. The van der Waals surface area contributed by atoms with Gasteiger partial charge in [-0.05, 0) is 32.4 Å². The number of alkyl carbamates (subject to hydrolysis) is 1. The van der Waals surface area contributed by atoms with E-state index in [9.17, 15) is 9.59 Å². The highest BCUT2D eigenvalue weighted by Gasteiger charge is 2.14. The first-order chi connectivity index (χ1) is 9.28. The Hall–Kier alpha value is -2.37. The number of nitrogens with one attached hydrogen (secondary N) is 1. The zero-order valence-corrected chi connectivity index (χ0v) is 11.7. The van der Waals surface area contributed by atoms with Crippen molar-refractivity contribution in [3.63, 3.8) is 0 Å². The molecule has 0 spiro atoms. The number of pyridine rings is 1. The van der Waals surface area contributed by atoms with E-state index >= 15 is 0 Å². The number of carboxylic acids is 1. The van der Waals surface area contributed by atoms with Crippen molar-refractivity contribution >= 4 is 18.1 Å². The van der Waals surface area contributed by atoms with Gasteiger partial charge in [-0.3, -0.25) is 0 Å². The van der Waals surface area contributed by atoms with Crippen LogP contribution in [0.5, 0.6) is 0 Å². The summed E-state index contributed by atoms with van der Waals surface area (Å²) in [6.07, 6.45) is 4.42. The molecular weight excluding hydrogens is 260 g/mol. The van der Waals surface area contributed by atoms with Crippen LogP contribution in [0, 0.1) is 0 Å². The highest BCUT2D eigenvalue weighted by atomic mass is 16.6. The predicted molar refractivity (Wildman–Crippen MR) is 74.5 cm³/mol. The van der Waals surface area contributed by atoms with Gasteiger partial charge >= 0.3 is 12.1 Å². The number of amides is 1. The Morgan fingerprint density at radius 1 is 1.40 bits per heavy atom. The third kappa shape index (κ3) is 5.99. The number of ether oxygens (including phenoxy) is 1. The average Bonchev–Trinajstić information content (AvgIpc) is 2.33. The van der Waals surface area contributed by atoms with Gasteiger partial charge in [0.05, 0.1) is 0 Å². The van der Waals surface area contributed by atoms with Crippen molar-refractivity contribution in [2.24, 2.45) is 0 Å². The zero-order chi connectivity index (χ0) is 15.2. The van der Waals surface area contributed by atoms with Crippen LogP contribution in [0.25, 0.3) is 6.08 Å². The standard InChI is InChI=1S/C14H18N2O4/c1-14(2,3)20-13(19)15-8-4-5-10-6-7-11(12(17)18)16-9-10/h4-7,9H,8H2,1-3H3,(H,15,19)(H,17,18). The lowest BCUT2D eigenvalue weighted by atomic mass is 10.2. The molecule has 0 aromatic carbocycles. The number of carboxylic acid groups (broad SMARTS) is 1. The third-order valence-electron chi connectivity index (χ3n) is 2.08. The van der Waals surface area contributed by atoms with E-state index < -0.39 is 17.7 Å². The van der Waals surface area contributed by atoms with E-state index in [1.165, 1.54) is 12.3 Å². The van der Waals surface area contributed by atoms with Gasteiger partial charge in [0, 0.05) is 12.7 Å². The van der Waals surface area contributed by atoms with Crippen molar-refractivity contribution in [1.29, 1.82) is 0 Å². The van der Waals surface area contributed by atoms with Gasteiger partial charge in [0.15, 0.2) is 0 Å². The van der Waals surface area contributed by atoms with Gasteiger partial charge < -0.3 is 15.2 Å². The van der Waals surface area contributed by atoms with E-state index in [4.69, 9.17) is 9.84 Å². The molecule has 108 valence electrons. The Morgan fingerprint density at radius 3 is 2.60 bits per heavy atom. The van der Waals surface area contributed by atoms with Crippen molar-refractivity contribution in [2.75, 3.05) is 6.54 Å². The molecule has 6 heteroatoms. The molecule has 20 heavy (non-hydrogen) atoms. The lowest BCUT2D eigenvalue weighted by Crippen LogP contribution is -2.32. The Labute approximate surface area is 117 Å². The van der Waals surface area contributed by atoms with Gasteiger partial charge in [0.1, 0.15) is 11.3 Å². The van der Waals surface area contributed by atoms with Crippen molar-refractivity contribution in [1.82, 2.24) is 10.3 Å². The molecule has 0 atom stereocenters. The van der Waals surface area contributed by atoms with Gasteiger partial charge in [-0.15, -0.1) is 0 Å². The molecule has 2 N–H and O–H groups in total. The fourth-order valence-electron chi connectivity index (χ4n) is 1.28. The Morgan fingerprint density at radius 2 is 2.10 bits per heavy atom. The van der Waals surface area contributed by atoms with Gasteiger partial charge in [0.2, 0.25) is 0 Å². The molecule has 1 aromatic heterocycles. The number of nitrogens with zero attached hydrogens (tertiary/aromatic N) is 1. The molecule has 1 rings (SSSR count). The second kappa shape index (κ2) is 6.70. The fourth-order valence-corrected chi connectivity index (χ4v) is 1.28. The van der Waals surface area contributed by atoms with Gasteiger partial charge in [0.25, 0.3) is 0 Å². The number of hydrogen-bond acceptors (Lipinski definition) is 4. The first-order valence-corrected chi connectivity index (χ1v) is 6.11. The maximum Gasteiger partial charge on any atom is 0.407 e. The van der Waals surface area contributed by atoms with Crippen LogP contribution in [-0.2, 0) is 4.74 Å². The van der Waals surface area contributed by atoms with Crippen molar-refractivity contribution in [3.8, 4) is 0 Å². The monoisotopic (exact) mass is 278 g/mol. The lowest BCUT2D eigenvalue weighted by molar-refractivity contribution is 0.0533. The van der Waals surface area contributed by atoms with E-state index in [2.05, 4.69) is 10.3 Å². The number of aromatic nitrogens is 1. The van der Waals surface area contributed by atoms with Crippen LogP contribution < -0.4 is 5.32 Å². The van der Waals surface area contributed by atoms with Crippen LogP contribution in [-0.4, -0.2) is 34.3 Å². The number of aromatic carboxylic acids is 1. The third-order valence-corrected chi connectivity index (χ3v) is 2.08. The maximum absolute atomic E-state index is 11.3. The molecule has 1 amide bonds. The van der Waals surface area contributed by atoms with Gasteiger partial charge in [-0.25, -0.2) is 14.6 Å². The highest BCUT2D eigenvalue weighted by Crippen LogP contribution is 2.06. The molecule has 0 unspecified atom stereocenters. The van der Waals surface area contributed by atoms with Gasteiger partial charge in [-0.2, -0.15) is 0 Å². The molecule has 1 heterocycles. The van der Waals surface area contributed by atoms with Crippen LogP contribution >= 0.6 is 0 Å². The second-order valence-electron chi connectivity index (χ2n) is 5.07. The summed E-state index contributed by atoms with van der Waals surface area (Å²) in [7, 11) is 0. The molecule has 0 aliphatic heterocycles. The van der Waals surface area contributed by atoms with E-state index in [1.807, 2.05) is 0 Å². The second-order valence-corrected chi connectivity index (χ2v) is 5.07. The minimum atomic E-state index is -1.06. The molecule has 0 fully saturated rings. The van der Waals surface area contributed by atoms with E-state index in [0.29, 0.717) is 6.54 Å². The molecule has 0 radical (unpaired) electrons. The SMILES string of the molecule is CC(C)(C)OC(=O)NCC=Cc1ccc(C(=O)O)nc1. The van der Waals surface area contributed by atoms with Crippen molar-refractivity contribution in [2.45, 2.75) is 26.4 Å². The largest absolute Gasteiger partial charge is 0.477 e. The summed E-state index contributed by atoms with van der Waals surface area (Å²) in [6.45, 7) is 5.68. The first-order valence-electron chi connectivity index (χ1n) is 6.11. The molecule has 0 saturated heterocycles. The molecular formula is C14H18N2O4. The van der Waals surface area contributed by atoms with Crippen LogP contribution in [0.3, 0.4) is 0 Å². The molecule has 0 saturated carbocycles. The number of rotatable bonds is 4. The fraction of sp³-hybridized carbons (Fsp3) is 0.357. The summed E-state index contributed by atoms with van der Waals surface area (Å²) in [5.74, 6) is -1.06. The normalized spacial score (nSPS) is 11.3. The topological polar surface area (TPSA) is 88.5 Å². The van der Waals surface area contributed by atoms with Crippen LogP contribution in [0.1, 0.15) is 36.8 Å². The minimum Gasteiger partial charge on any atom is -0.477 e. The average molecular weight is 278 g/mol.